The number of amides is 12. The van der Waals surface area contributed by atoms with Gasteiger partial charge in [-0.25, -0.2) is 4.90 Å². The van der Waals surface area contributed by atoms with Crippen LogP contribution >= 0.6 is 0 Å². The molecule has 586 valence electrons. The van der Waals surface area contributed by atoms with E-state index in [-0.39, 0.29) is 79.9 Å². The van der Waals surface area contributed by atoms with Gasteiger partial charge in [0.2, 0.25) is 0 Å². The molecule has 11 rings (SSSR count). The lowest BCUT2D eigenvalue weighted by molar-refractivity contribution is 0.0915. The van der Waals surface area contributed by atoms with E-state index in [9.17, 15) is 57.5 Å². The van der Waals surface area contributed by atoms with Gasteiger partial charge in [0.25, 0.3) is 70.9 Å². The number of rotatable bonds is 32. The zero-order valence-corrected chi connectivity index (χ0v) is 64.0. The first-order chi connectivity index (χ1) is 55.4. The number of carbonyl (C=O) groups is 12. The van der Waals surface area contributed by atoms with Gasteiger partial charge in [-0.3, -0.25) is 57.5 Å². The van der Waals surface area contributed by atoms with Crippen LogP contribution in [-0.2, 0) is 0 Å². The molecule has 0 fully saturated rings. The van der Waals surface area contributed by atoms with E-state index < -0.39 is 70.9 Å². The van der Waals surface area contributed by atoms with Crippen LogP contribution in [0.1, 0.15) is 135 Å². The van der Waals surface area contributed by atoms with Crippen molar-refractivity contribution in [3.63, 3.8) is 0 Å². The van der Waals surface area contributed by atoms with Crippen LogP contribution in [-0.4, -0.2) is 168 Å². The van der Waals surface area contributed by atoms with E-state index >= 15 is 0 Å². The lowest BCUT2D eigenvalue weighted by Gasteiger charge is -2.18. The molecule has 1 aliphatic heterocycles. The van der Waals surface area contributed by atoms with Gasteiger partial charge in [0, 0.05) is 117 Å². The predicted octanol–water partition coefficient (Wildman–Crippen LogP) is 10.6. The SMILES string of the molecule is CNCCN(C)CCNC(=O)c1ccc(C(=O)Nc2ccc(C)cc2)cc1C(=O)Nc1ccc(Oc2ccc(NC(=O)c3ccc(C(=O)NC)c(C(=O)NCCN(C)CCNC(=O)c4ccc(C(=O)Nc5ccc(Oc6ccc(N7C(=O)c8ccc(C(=O)Nc9ccc(C)cc9)cc8C7=O)cc6)cc5)cc4C(=O)NC)c3)cc2)cc1. The number of hydrogen-bond acceptors (Lipinski definition) is 17. The quantitative estimate of drug-likeness (QED) is 0.0175. The second-order valence-electron chi connectivity index (χ2n) is 26.9. The molecule has 10 aromatic carbocycles. The normalized spacial score (nSPS) is 11.4. The lowest BCUT2D eigenvalue weighted by Crippen LogP contribution is -2.38. The van der Waals surface area contributed by atoms with E-state index in [1.165, 1.54) is 86.9 Å². The Bertz CT molecular complexity index is 5350. The molecule has 115 heavy (non-hydrogen) atoms. The van der Waals surface area contributed by atoms with Gasteiger partial charge in [0.1, 0.15) is 23.0 Å². The fourth-order valence-corrected chi connectivity index (χ4v) is 12.0. The Kier molecular flexibility index (Phi) is 26.9. The second-order valence-corrected chi connectivity index (χ2v) is 26.9. The Morgan fingerprint density at radius 1 is 0.304 bits per heavy atom. The molecule has 0 saturated carbocycles. The Labute approximate surface area is 662 Å². The number of hydrogen-bond donors (Lipinski definition) is 11. The number of nitrogens with zero attached hydrogens (tertiary/aromatic N) is 3. The van der Waals surface area contributed by atoms with E-state index in [1.54, 1.807) is 128 Å². The first kappa shape index (κ1) is 81.5. The van der Waals surface area contributed by atoms with Gasteiger partial charge in [-0.2, -0.15) is 0 Å². The first-order valence-corrected chi connectivity index (χ1v) is 36.6. The lowest BCUT2D eigenvalue weighted by atomic mass is 10.0. The Balaban J connectivity index is 0.623. The predicted molar refractivity (Wildman–Crippen MR) is 438 cm³/mol. The highest BCUT2D eigenvalue weighted by Gasteiger charge is 2.37. The van der Waals surface area contributed by atoms with E-state index in [4.69, 9.17) is 9.47 Å². The fourth-order valence-electron chi connectivity index (χ4n) is 12.0. The maximum Gasteiger partial charge on any atom is 0.266 e. The Hall–Kier alpha value is -14.5. The van der Waals surface area contributed by atoms with Crippen LogP contribution < -0.4 is 72.9 Å². The molecule has 0 atom stereocenters. The number of ether oxygens (including phenoxy) is 2. The van der Waals surface area contributed by atoms with Crippen LogP contribution in [0.2, 0.25) is 0 Å². The maximum absolute atomic E-state index is 14.0. The third-order valence-electron chi connectivity index (χ3n) is 18.5. The van der Waals surface area contributed by atoms with Crippen LogP contribution in [0.4, 0.5) is 34.1 Å². The molecule has 12 amide bonds. The number of likely N-dealkylation sites (N-methyl/N-ethyl adjacent to an activating group) is 3. The molecular weight excluding hydrogens is 1470 g/mol. The number of fused-ring (bicyclic) bond motifs is 1. The van der Waals surface area contributed by atoms with Crippen LogP contribution in [0.5, 0.6) is 23.0 Å². The average Bonchev–Trinajstić information content (AvgIpc) is 1.62. The van der Waals surface area contributed by atoms with Crippen LogP contribution in [0.25, 0.3) is 0 Å². The molecular formula is C87H84N14O14. The van der Waals surface area contributed by atoms with Crippen molar-refractivity contribution in [2.45, 2.75) is 13.8 Å². The minimum absolute atomic E-state index is 0.00987. The summed E-state index contributed by atoms with van der Waals surface area (Å²) in [5.74, 6) is -5.08. The summed E-state index contributed by atoms with van der Waals surface area (Å²) in [5, 5.41) is 30.7. The Morgan fingerprint density at radius 2 is 0.591 bits per heavy atom. The molecule has 28 heteroatoms. The number of nitrogens with one attached hydrogen (secondary N) is 11. The number of carbonyl (C=O) groups excluding carboxylic acids is 12. The van der Waals surface area contributed by atoms with Crippen LogP contribution in [0.3, 0.4) is 0 Å². The summed E-state index contributed by atoms with van der Waals surface area (Å²) in [6.07, 6.45) is 0. The third-order valence-corrected chi connectivity index (χ3v) is 18.5. The topological polar surface area (TPSA) is 365 Å². The summed E-state index contributed by atoms with van der Waals surface area (Å²) in [5.41, 5.74) is 5.44. The number of anilines is 6. The molecule has 0 aromatic heterocycles. The summed E-state index contributed by atoms with van der Waals surface area (Å²) in [7, 11) is 8.36. The highest BCUT2D eigenvalue weighted by molar-refractivity contribution is 6.35. The monoisotopic (exact) mass is 1550 g/mol. The van der Waals surface area contributed by atoms with Crippen molar-refractivity contribution in [1.82, 2.24) is 41.7 Å². The zero-order chi connectivity index (χ0) is 81.8. The fraction of sp³-hybridized carbons (Fsp3) is 0.172. The number of benzene rings is 10. The van der Waals surface area contributed by atoms with E-state index in [1.807, 2.05) is 57.1 Å². The highest BCUT2D eigenvalue weighted by Crippen LogP contribution is 2.33. The van der Waals surface area contributed by atoms with Crippen LogP contribution in [0, 0.1) is 13.8 Å². The third kappa shape index (κ3) is 21.2. The zero-order valence-electron chi connectivity index (χ0n) is 64.0. The minimum atomic E-state index is -0.629. The molecule has 0 unspecified atom stereocenters. The number of imide groups is 1. The average molecular weight is 1550 g/mol. The molecule has 28 nitrogen and oxygen atoms in total. The van der Waals surface area contributed by atoms with E-state index in [0.717, 1.165) is 29.1 Å². The second kappa shape index (κ2) is 38.0. The van der Waals surface area contributed by atoms with Crippen molar-refractivity contribution < 1.29 is 67.0 Å². The summed E-state index contributed by atoms with van der Waals surface area (Å²) < 4.78 is 12.1. The van der Waals surface area contributed by atoms with Gasteiger partial charge in [0.15, 0.2) is 0 Å². The van der Waals surface area contributed by atoms with Gasteiger partial charge in [0.05, 0.1) is 50.2 Å². The highest BCUT2D eigenvalue weighted by atomic mass is 16.5. The van der Waals surface area contributed by atoms with Gasteiger partial charge in [-0.1, -0.05) is 35.4 Å². The number of aryl methyl sites for hydroxylation is 2. The van der Waals surface area contributed by atoms with Crippen molar-refractivity contribution in [3.05, 3.63) is 296 Å². The van der Waals surface area contributed by atoms with Gasteiger partial charge in [-0.05, 0) is 229 Å². The summed E-state index contributed by atoms with van der Waals surface area (Å²) in [6, 6.07) is 57.1. The standard InChI is InChI=1S/C87H84N14O14/c1-52-8-16-58(17-9-52)94-78(104)56-14-38-70(83(109)92-41-45-99(6)44-40-88-3)74(50-56)85(111)98-62-24-32-65(33-25-62)114-64-28-20-61(21-29-64)97-77(103)55-12-36-68(80(106)89-4)73(49-55)84(110)93-43-47-100(7)46-42-91-82(108)69-37-13-54(48-72(69)81(107)90-5)76(102)96-60-22-30-66(31-23-60)115-67-34-26-63(27-35-67)101-86(112)71-39-15-57(51-75(71)87(101)113)79(105)95-59-18-10-53(2)11-19-59/h8-39,48-51,88H,40-47H2,1-7H3,(H,89,106)(H,90,107)(H,91,108)(H,92,109)(H,93,110)(H,94,104)(H,95,105)(H,96,102)(H,97,103)(H,98,111). The molecule has 11 N–H and O–H groups in total. The molecule has 0 spiro atoms. The van der Waals surface area contributed by atoms with Gasteiger partial charge in [-0.15, -0.1) is 0 Å². The molecule has 10 aromatic rings. The molecule has 0 bridgehead atoms. The summed E-state index contributed by atoms with van der Waals surface area (Å²) in [6.45, 7) is 7.09. The van der Waals surface area contributed by atoms with Crippen molar-refractivity contribution in [2.75, 3.05) is 119 Å². The van der Waals surface area contributed by atoms with E-state index in [0.29, 0.717) is 83.3 Å². The molecule has 1 aliphatic rings. The van der Waals surface area contributed by atoms with Crippen molar-refractivity contribution >= 4 is 105 Å². The molecule has 1 heterocycles. The van der Waals surface area contributed by atoms with Crippen molar-refractivity contribution in [3.8, 4) is 23.0 Å². The summed E-state index contributed by atoms with van der Waals surface area (Å²) in [4.78, 5) is 167. The van der Waals surface area contributed by atoms with Crippen LogP contribution in [0.15, 0.2) is 218 Å². The maximum atomic E-state index is 14.0. The minimum Gasteiger partial charge on any atom is -0.457 e. The first-order valence-electron chi connectivity index (χ1n) is 36.6. The summed E-state index contributed by atoms with van der Waals surface area (Å²) >= 11 is 0. The van der Waals surface area contributed by atoms with Crippen molar-refractivity contribution in [2.24, 2.45) is 0 Å². The molecule has 0 radical (unpaired) electrons. The van der Waals surface area contributed by atoms with Crippen molar-refractivity contribution in [1.29, 1.82) is 0 Å². The largest absolute Gasteiger partial charge is 0.457 e. The van der Waals surface area contributed by atoms with E-state index in [2.05, 4.69) is 63.4 Å². The van der Waals surface area contributed by atoms with Gasteiger partial charge < -0.3 is 77.8 Å². The molecule has 0 saturated heterocycles. The van der Waals surface area contributed by atoms with Gasteiger partial charge >= 0.3 is 0 Å². The smallest absolute Gasteiger partial charge is 0.266 e. The Morgan fingerprint density at radius 3 is 0.965 bits per heavy atom. The molecule has 0 aliphatic carbocycles.